The molecule has 0 atom stereocenters. The van der Waals surface area contributed by atoms with Crippen LogP contribution in [0.25, 0.3) is 16.8 Å². The van der Waals surface area contributed by atoms with Crippen molar-refractivity contribution in [1.82, 2.24) is 0 Å². The fourth-order valence-corrected chi connectivity index (χ4v) is 3.95. The number of carbonyl (C=O) groups excluding carboxylic acids is 1. The number of hydrogen-bond donors (Lipinski definition) is 1. The summed E-state index contributed by atoms with van der Waals surface area (Å²) >= 11 is 0. The van der Waals surface area contributed by atoms with Crippen molar-refractivity contribution >= 4 is 28.4 Å². The Hall–Kier alpha value is -4.56. The molecule has 4 aromatic carbocycles. The number of benzene rings is 4. The molecule has 0 aliphatic rings. The molecule has 0 aliphatic heterocycles. The van der Waals surface area contributed by atoms with Crippen LogP contribution in [-0.4, -0.2) is 12.5 Å². The summed E-state index contributed by atoms with van der Waals surface area (Å²) in [6.07, 6.45) is 1.55. The second-order valence-electron chi connectivity index (χ2n) is 8.55. The lowest BCUT2D eigenvalue weighted by atomic mass is 10.1. The summed E-state index contributed by atoms with van der Waals surface area (Å²) in [4.78, 5) is 12.8. The number of nitrogens with one attached hydrogen (secondary N) is 1. The maximum atomic E-state index is 12.8. The molecule has 0 aromatic heterocycles. The average Bonchev–Trinajstić information content (AvgIpc) is 2.88. The molecule has 5 nitrogen and oxygen atoms in total. The van der Waals surface area contributed by atoms with E-state index in [1.165, 1.54) is 5.39 Å². The third-order valence-electron chi connectivity index (χ3n) is 5.78. The molecule has 0 saturated carbocycles. The molecule has 5 heteroatoms. The summed E-state index contributed by atoms with van der Waals surface area (Å²) in [5.74, 6) is 0.693. The second kappa shape index (κ2) is 11.2. The van der Waals surface area contributed by atoms with Crippen LogP contribution in [0.15, 0.2) is 84.4 Å². The molecule has 0 bridgehead atoms. The van der Waals surface area contributed by atoms with Crippen LogP contribution >= 0.6 is 0 Å². The summed E-state index contributed by atoms with van der Waals surface area (Å²) in [6.45, 7) is 6.65. The minimum absolute atomic E-state index is 0.00209. The van der Waals surface area contributed by atoms with E-state index in [9.17, 15) is 10.1 Å². The third kappa shape index (κ3) is 5.92. The number of fused-ring (bicyclic) bond motifs is 1. The first kappa shape index (κ1) is 24.6. The van der Waals surface area contributed by atoms with Crippen molar-refractivity contribution in [2.24, 2.45) is 0 Å². The highest BCUT2D eigenvalue weighted by atomic mass is 16.5. The van der Waals surface area contributed by atoms with Gasteiger partial charge in [-0.25, -0.2) is 0 Å². The van der Waals surface area contributed by atoms with Gasteiger partial charge >= 0.3 is 0 Å². The standard InChI is InChI=1S/C31H28N2O3/c1-4-35-30-18-23(16-27(19-32)31(34)33-28-13-9-21(2)15-22(28)3)11-14-29(30)36-20-24-10-12-25-7-5-6-8-26(25)17-24/h5-18H,4,20H2,1-3H3,(H,33,34)/b27-16+. The first-order valence-corrected chi connectivity index (χ1v) is 11.8. The highest BCUT2D eigenvalue weighted by Crippen LogP contribution is 2.30. The van der Waals surface area contributed by atoms with Crippen LogP contribution in [-0.2, 0) is 11.4 Å². The molecule has 0 aliphatic carbocycles. The molecule has 1 amide bonds. The van der Waals surface area contributed by atoms with Crippen LogP contribution < -0.4 is 14.8 Å². The topological polar surface area (TPSA) is 71.3 Å². The Morgan fingerprint density at radius 2 is 1.72 bits per heavy atom. The van der Waals surface area contributed by atoms with E-state index in [0.29, 0.717) is 36.0 Å². The maximum absolute atomic E-state index is 12.8. The fourth-order valence-electron chi connectivity index (χ4n) is 3.95. The van der Waals surface area contributed by atoms with E-state index >= 15 is 0 Å². The van der Waals surface area contributed by atoms with Gasteiger partial charge in [-0.1, -0.05) is 60.2 Å². The van der Waals surface area contributed by atoms with Crippen LogP contribution in [0.4, 0.5) is 5.69 Å². The van der Waals surface area contributed by atoms with E-state index in [-0.39, 0.29) is 5.57 Å². The van der Waals surface area contributed by atoms with Gasteiger partial charge in [-0.05, 0) is 78.6 Å². The molecule has 1 N–H and O–H groups in total. The molecule has 0 radical (unpaired) electrons. The number of nitrogens with zero attached hydrogens (tertiary/aromatic N) is 1. The Balaban J connectivity index is 1.52. The number of anilines is 1. The van der Waals surface area contributed by atoms with Crippen LogP contribution in [0, 0.1) is 25.2 Å². The molecule has 0 unspecified atom stereocenters. The van der Waals surface area contributed by atoms with Gasteiger partial charge in [0.25, 0.3) is 5.91 Å². The van der Waals surface area contributed by atoms with E-state index in [4.69, 9.17) is 9.47 Å². The number of rotatable bonds is 8. The number of hydrogen-bond acceptors (Lipinski definition) is 4. The van der Waals surface area contributed by atoms with Gasteiger partial charge in [-0.3, -0.25) is 4.79 Å². The zero-order valence-electron chi connectivity index (χ0n) is 20.7. The quantitative estimate of drug-likeness (QED) is 0.220. The van der Waals surface area contributed by atoms with Gasteiger partial charge in [-0.2, -0.15) is 5.26 Å². The van der Waals surface area contributed by atoms with Gasteiger partial charge in [0, 0.05) is 5.69 Å². The molecule has 36 heavy (non-hydrogen) atoms. The van der Waals surface area contributed by atoms with E-state index in [1.54, 1.807) is 24.3 Å². The first-order chi connectivity index (χ1) is 17.5. The predicted octanol–water partition coefficient (Wildman–Crippen LogP) is 6.98. The number of nitriles is 1. The highest BCUT2D eigenvalue weighted by molar-refractivity contribution is 6.10. The summed E-state index contributed by atoms with van der Waals surface area (Å²) in [5, 5.41) is 14.8. The van der Waals surface area contributed by atoms with Crippen molar-refractivity contribution in [3.05, 3.63) is 107 Å². The molecule has 4 rings (SSSR count). The zero-order chi connectivity index (χ0) is 25.5. The zero-order valence-corrected chi connectivity index (χ0v) is 20.7. The van der Waals surface area contributed by atoms with Crippen LogP contribution in [0.5, 0.6) is 11.5 Å². The fraction of sp³-hybridized carbons (Fsp3) is 0.161. The van der Waals surface area contributed by atoms with Crippen molar-refractivity contribution in [1.29, 1.82) is 5.26 Å². The highest BCUT2D eigenvalue weighted by Gasteiger charge is 2.13. The summed E-state index contributed by atoms with van der Waals surface area (Å²) < 4.78 is 11.9. The van der Waals surface area contributed by atoms with Crippen molar-refractivity contribution in [2.45, 2.75) is 27.4 Å². The number of carbonyl (C=O) groups is 1. The smallest absolute Gasteiger partial charge is 0.266 e. The van der Waals surface area contributed by atoms with Crippen molar-refractivity contribution in [3.63, 3.8) is 0 Å². The Morgan fingerprint density at radius 1 is 0.917 bits per heavy atom. The third-order valence-corrected chi connectivity index (χ3v) is 5.78. The largest absolute Gasteiger partial charge is 0.490 e. The lowest BCUT2D eigenvalue weighted by molar-refractivity contribution is -0.112. The van der Waals surface area contributed by atoms with Gasteiger partial charge in [0.1, 0.15) is 18.2 Å². The number of aryl methyl sites for hydroxylation is 2. The molecular formula is C31H28N2O3. The van der Waals surface area contributed by atoms with Crippen molar-refractivity contribution in [3.8, 4) is 17.6 Å². The Labute approximate surface area is 211 Å². The summed E-state index contributed by atoms with van der Waals surface area (Å²) in [5.41, 5.74) is 4.44. The minimum atomic E-state index is -0.459. The monoisotopic (exact) mass is 476 g/mol. The molecule has 0 spiro atoms. The molecule has 180 valence electrons. The van der Waals surface area contributed by atoms with Crippen LogP contribution in [0.3, 0.4) is 0 Å². The second-order valence-corrected chi connectivity index (χ2v) is 8.55. The Bertz CT molecular complexity index is 1480. The van der Waals surface area contributed by atoms with E-state index in [1.807, 2.05) is 63.2 Å². The lowest BCUT2D eigenvalue weighted by Gasteiger charge is -2.13. The van der Waals surface area contributed by atoms with E-state index in [0.717, 1.165) is 22.1 Å². The molecule has 0 fully saturated rings. The maximum Gasteiger partial charge on any atom is 0.266 e. The van der Waals surface area contributed by atoms with Crippen molar-refractivity contribution in [2.75, 3.05) is 11.9 Å². The van der Waals surface area contributed by atoms with Gasteiger partial charge < -0.3 is 14.8 Å². The molecule has 0 saturated heterocycles. The van der Waals surface area contributed by atoms with Crippen LogP contribution in [0.1, 0.15) is 29.2 Å². The van der Waals surface area contributed by atoms with Crippen molar-refractivity contribution < 1.29 is 14.3 Å². The van der Waals surface area contributed by atoms with Gasteiger partial charge in [0.2, 0.25) is 0 Å². The van der Waals surface area contributed by atoms with E-state index < -0.39 is 5.91 Å². The number of amides is 1. The number of ether oxygens (including phenoxy) is 2. The molecular weight excluding hydrogens is 448 g/mol. The predicted molar refractivity (Wildman–Crippen MR) is 144 cm³/mol. The lowest BCUT2D eigenvalue weighted by Crippen LogP contribution is -2.14. The van der Waals surface area contributed by atoms with Gasteiger partial charge in [-0.15, -0.1) is 0 Å². The SMILES string of the molecule is CCOc1cc(/C=C(\C#N)C(=O)Nc2ccc(C)cc2C)ccc1OCc1ccc2ccccc2c1. The van der Waals surface area contributed by atoms with Crippen LogP contribution in [0.2, 0.25) is 0 Å². The van der Waals surface area contributed by atoms with E-state index in [2.05, 4.69) is 29.6 Å². The summed E-state index contributed by atoms with van der Waals surface area (Å²) in [6, 6.07) is 27.6. The average molecular weight is 477 g/mol. The Kier molecular flexibility index (Phi) is 7.67. The summed E-state index contributed by atoms with van der Waals surface area (Å²) in [7, 11) is 0. The minimum Gasteiger partial charge on any atom is -0.490 e. The Morgan fingerprint density at radius 3 is 2.47 bits per heavy atom. The normalized spacial score (nSPS) is 11.1. The van der Waals surface area contributed by atoms with Gasteiger partial charge in [0.05, 0.1) is 6.61 Å². The molecule has 4 aromatic rings. The molecule has 0 heterocycles. The first-order valence-electron chi connectivity index (χ1n) is 11.8. The van der Waals surface area contributed by atoms with Gasteiger partial charge in [0.15, 0.2) is 11.5 Å².